The number of benzene rings is 1. The number of carbonyl (C=O) groups is 1. The first-order valence-electron chi connectivity index (χ1n) is 10.4. The van der Waals surface area contributed by atoms with Crippen molar-refractivity contribution in [3.8, 4) is 0 Å². The highest BCUT2D eigenvalue weighted by molar-refractivity contribution is 5.79. The van der Waals surface area contributed by atoms with Crippen LogP contribution in [0, 0.1) is 12.8 Å². The van der Waals surface area contributed by atoms with Crippen molar-refractivity contribution in [1.29, 1.82) is 0 Å². The van der Waals surface area contributed by atoms with Crippen LogP contribution in [0.3, 0.4) is 0 Å². The Morgan fingerprint density at radius 3 is 2.61 bits per heavy atom. The van der Waals surface area contributed by atoms with Crippen molar-refractivity contribution < 1.29 is 18.0 Å². The van der Waals surface area contributed by atoms with Crippen LogP contribution in [0.5, 0.6) is 0 Å². The van der Waals surface area contributed by atoms with Crippen LogP contribution in [0.1, 0.15) is 35.6 Å². The highest BCUT2D eigenvalue weighted by Gasteiger charge is 2.37. The molecule has 0 saturated carbocycles. The summed E-state index contributed by atoms with van der Waals surface area (Å²) in [5.41, 5.74) is 1.51. The first-order chi connectivity index (χ1) is 14.7. The second kappa shape index (κ2) is 9.68. The maximum atomic E-state index is 13.4. The number of piperidine rings is 1. The fourth-order valence-corrected chi connectivity index (χ4v) is 3.98. The van der Waals surface area contributed by atoms with Crippen molar-refractivity contribution in [1.82, 2.24) is 15.2 Å². The third-order valence-electron chi connectivity index (χ3n) is 5.74. The molecule has 1 aromatic carbocycles. The molecular formula is C23H29F3N4O. The van der Waals surface area contributed by atoms with Crippen LogP contribution in [-0.2, 0) is 11.0 Å². The van der Waals surface area contributed by atoms with Gasteiger partial charge in [-0.25, -0.2) is 4.98 Å². The summed E-state index contributed by atoms with van der Waals surface area (Å²) < 4.78 is 40.1. The van der Waals surface area contributed by atoms with Crippen LogP contribution in [0.25, 0.3) is 0 Å². The van der Waals surface area contributed by atoms with Crippen molar-refractivity contribution in [2.24, 2.45) is 5.92 Å². The molecule has 1 N–H and O–H groups in total. The van der Waals surface area contributed by atoms with Crippen LogP contribution < -0.4 is 10.2 Å². The highest BCUT2D eigenvalue weighted by Crippen LogP contribution is 2.36. The van der Waals surface area contributed by atoms with Gasteiger partial charge < -0.3 is 15.1 Å². The zero-order valence-electron chi connectivity index (χ0n) is 18.1. The molecule has 0 spiro atoms. The Balaban J connectivity index is 1.67. The van der Waals surface area contributed by atoms with E-state index in [1.807, 2.05) is 50.2 Å². The zero-order chi connectivity index (χ0) is 22.6. The third kappa shape index (κ3) is 5.76. The van der Waals surface area contributed by atoms with Gasteiger partial charge in [0.05, 0.1) is 17.5 Å². The molecule has 168 valence electrons. The van der Waals surface area contributed by atoms with E-state index in [-0.39, 0.29) is 30.2 Å². The van der Waals surface area contributed by atoms with Crippen molar-refractivity contribution in [2.75, 3.05) is 38.6 Å². The fraction of sp³-hybridized carbons (Fsp3) is 0.478. The molecule has 0 bridgehead atoms. The van der Waals surface area contributed by atoms with Crippen molar-refractivity contribution in [3.63, 3.8) is 0 Å². The number of alkyl halides is 3. The van der Waals surface area contributed by atoms with Gasteiger partial charge in [0.25, 0.3) is 0 Å². The van der Waals surface area contributed by atoms with E-state index in [0.29, 0.717) is 25.9 Å². The number of nitrogens with zero attached hydrogens (tertiary/aromatic N) is 3. The number of amides is 1. The Morgan fingerprint density at radius 1 is 1.26 bits per heavy atom. The maximum absolute atomic E-state index is 13.4. The predicted molar refractivity (Wildman–Crippen MR) is 115 cm³/mol. The summed E-state index contributed by atoms with van der Waals surface area (Å²) in [7, 11) is 3.91. The molecule has 2 atom stereocenters. The number of hydrogen-bond acceptors (Lipinski definition) is 4. The first kappa shape index (κ1) is 23.1. The largest absolute Gasteiger partial charge is 0.419 e. The average Bonchev–Trinajstić information content (AvgIpc) is 2.74. The quantitative estimate of drug-likeness (QED) is 0.746. The van der Waals surface area contributed by atoms with Crippen LogP contribution in [0.4, 0.5) is 19.0 Å². The Kier molecular flexibility index (Phi) is 7.20. The fourth-order valence-electron chi connectivity index (χ4n) is 3.98. The van der Waals surface area contributed by atoms with E-state index >= 15 is 0 Å². The number of aryl methyl sites for hydroxylation is 1. The number of anilines is 1. The number of nitrogens with one attached hydrogen (secondary N) is 1. The first-order valence-corrected chi connectivity index (χ1v) is 10.4. The average molecular weight is 435 g/mol. The van der Waals surface area contributed by atoms with E-state index in [1.165, 1.54) is 17.8 Å². The van der Waals surface area contributed by atoms with Gasteiger partial charge in [0.15, 0.2) is 0 Å². The number of pyridine rings is 1. The summed E-state index contributed by atoms with van der Waals surface area (Å²) in [5.74, 6) is -0.607. The Morgan fingerprint density at radius 2 is 1.97 bits per heavy atom. The second-order valence-electron chi connectivity index (χ2n) is 8.29. The van der Waals surface area contributed by atoms with Crippen LogP contribution in [-0.4, -0.2) is 49.5 Å². The molecule has 1 amide bonds. The van der Waals surface area contributed by atoms with Gasteiger partial charge in [0, 0.05) is 25.8 Å². The summed E-state index contributed by atoms with van der Waals surface area (Å²) in [6.07, 6.45) is -1.84. The van der Waals surface area contributed by atoms with Gasteiger partial charge in [-0.3, -0.25) is 4.79 Å². The zero-order valence-corrected chi connectivity index (χ0v) is 18.1. The molecule has 1 saturated heterocycles. The van der Waals surface area contributed by atoms with Crippen LogP contribution >= 0.6 is 0 Å². The highest BCUT2D eigenvalue weighted by atomic mass is 19.4. The Labute approximate surface area is 181 Å². The number of likely N-dealkylation sites (N-methyl/N-ethyl adjacent to an activating group) is 1. The van der Waals surface area contributed by atoms with Gasteiger partial charge in [0.2, 0.25) is 5.91 Å². The number of aromatic nitrogens is 1. The van der Waals surface area contributed by atoms with Crippen molar-refractivity contribution in [2.45, 2.75) is 32.0 Å². The number of rotatable bonds is 6. The van der Waals surface area contributed by atoms with E-state index in [2.05, 4.69) is 10.3 Å². The minimum atomic E-state index is -4.48. The lowest BCUT2D eigenvalue weighted by molar-refractivity contribution is -0.137. The smallest absolute Gasteiger partial charge is 0.355 e. The van der Waals surface area contributed by atoms with E-state index < -0.39 is 11.7 Å². The van der Waals surface area contributed by atoms with E-state index in [4.69, 9.17) is 0 Å². The van der Waals surface area contributed by atoms with Gasteiger partial charge in [-0.2, -0.15) is 13.2 Å². The summed E-state index contributed by atoms with van der Waals surface area (Å²) in [6.45, 7) is 3.14. The summed E-state index contributed by atoms with van der Waals surface area (Å²) in [4.78, 5) is 20.5. The molecule has 1 fully saturated rings. The van der Waals surface area contributed by atoms with Gasteiger partial charge in [-0.1, -0.05) is 29.8 Å². The molecule has 2 heterocycles. The lowest BCUT2D eigenvalue weighted by Crippen LogP contribution is -2.45. The number of hydrogen-bond donors (Lipinski definition) is 1. The topological polar surface area (TPSA) is 48.5 Å². The molecular weight excluding hydrogens is 405 g/mol. The van der Waals surface area contributed by atoms with Gasteiger partial charge in [0.1, 0.15) is 5.82 Å². The van der Waals surface area contributed by atoms with E-state index in [1.54, 1.807) is 4.90 Å². The predicted octanol–water partition coefficient (Wildman–Crippen LogP) is 4.04. The molecule has 2 aromatic rings. The van der Waals surface area contributed by atoms with Gasteiger partial charge in [-0.05, 0) is 51.6 Å². The third-order valence-corrected chi connectivity index (χ3v) is 5.74. The molecule has 0 aliphatic carbocycles. The standard InChI is InChI=1S/C23H29F3N4O/c1-16-8-10-17(11-9-16)20(29(2)3)14-28-22(31)18-6-5-13-30(15-18)21-19(23(24,25)26)7-4-12-27-21/h4,7-12,18,20H,5-6,13-15H2,1-3H3,(H,28,31). The number of halogens is 3. The molecule has 3 rings (SSSR count). The molecule has 5 nitrogen and oxygen atoms in total. The lowest BCUT2D eigenvalue weighted by atomic mass is 9.96. The summed E-state index contributed by atoms with van der Waals surface area (Å²) in [5, 5.41) is 3.01. The number of carbonyl (C=O) groups excluding carboxylic acids is 1. The minimum absolute atomic E-state index is 0.0110. The Hall–Kier alpha value is -2.61. The normalized spacial score (nSPS) is 18.2. The molecule has 31 heavy (non-hydrogen) atoms. The minimum Gasteiger partial charge on any atom is -0.355 e. The lowest BCUT2D eigenvalue weighted by Gasteiger charge is -2.34. The molecule has 8 heteroatoms. The summed E-state index contributed by atoms with van der Waals surface area (Å²) in [6, 6.07) is 10.5. The molecule has 1 aliphatic rings. The van der Waals surface area contributed by atoms with Crippen LogP contribution in [0.2, 0.25) is 0 Å². The molecule has 0 radical (unpaired) electrons. The SMILES string of the molecule is Cc1ccc(C(CNC(=O)C2CCCN(c3ncccc3C(F)(F)F)C2)N(C)C)cc1. The van der Waals surface area contributed by atoms with Gasteiger partial charge >= 0.3 is 6.18 Å². The molecule has 1 aliphatic heterocycles. The van der Waals surface area contributed by atoms with E-state index in [9.17, 15) is 18.0 Å². The van der Waals surface area contributed by atoms with Gasteiger partial charge in [-0.15, -0.1) is 0 Å². The van der Waals surface area contributed by atoms with Crippen molar-refractivity contribution >= 4 is 11.7 Å². The summed E-state index contributed by atoms with van der Waals surface area (Å²) >= 11 is 0. The monoisotopic (exact) mass is 434 g/mol. The Bertz CT molecular complexity index is 883. The maximum Gasteiger partial charge on any atom is 0.419 e. The second-order valence-corrected chi connectivity index (χ2v) is 8.29. The molecule has 1 aromatic heterocycles. The van der Waals surface area contributed by atoms with Crippen LogP contribution in [0.15, 0.2) is 42.6 Å². The van der Waals surface area contributed by atoms with Crippen molar-refractivity contribution in [3.05, 3.63) is 59.3 Å². The molecule has 2 unspecified atom stereocenters. The van der Waals surface area contributed by atoms with E-state index in [0.717, 1.165) is 11.6 Å².